The molecule has 132 valence electrons. The Bertz CT molecular complexity index is 918. The zero-order chi connectivity index (χ0) is 17.9. The number of carbonyl (C=O) groups is 2. The molecule has 0 radical (unpaired) electrons. The van der Waals surface area contributed by atoms with E-state index < -0.39 is 0 Å². The Morgan fingerprint density at radius 3 is 2.69 bits per heavy atom. The average Bonchev–Trinajstić information content (AvgIpc) is 3.28. The molecule has 0 atom stereocenters. The number of nitrogens with zero attached hydrogens (tertiary/aromatic N) is 3. The summed E-state index contributed by atoms with van der Waals surface area (Å²) in [5.41, 5.74) is 2.03. The molecule has 0 fully saturated rings. The molecule has 4 rings (SSSR count). The third-order valence-corrected chi connectivity index (χ3v) is 5.24. The number of carbonyl (C=O) groups excluding carboxylic acids is 2. The smallest absolute Gasteiger partial charge is 0.264 e. The van der Waals surface area contributed by atoms with E-state index in [0.29, 0.717) is 30.1 Å². The van der Waals surface area contributed by atoms with Crippen molar-refractivity contribution in [3.63, 3.8) is 0 Å². The standard InChI is InChI=1S/C19H18N4O2S/c24-18(21-14-6-2-1-3-7-14)15-12-20-23-10-5-9-22(13-16(15)23)19(25)17-8-4-11-26-17/h1-4,6-8,11-12H,5,9-10,13H2,(H,21,24). The largest absolute Gasteiger partial charge is 0.332 e. The summed E-state index contributed by atoms with van der Waals surface area (Å²) in [6.07, 6.45) is 2.40. The van der Waals surface area contributed by atoms with Crippen molar-refractivity contribution in [3.05, 3.63) is 70.2 Å². The average molecular weight is 366 g/mol. The lowest BCUT2D eigenvalue weighted by molar-refractivity contribution is 0.0749. The van der Waals surface area contributed by atoms with E-state index in [9.17, 15) is 9.59 Å². The highest BCUT2D eigenvalue weighted by atomic mass is 32.1. The lowest BCUT2D eigenvalue weighted by Crippen LogP contribution is -2.30. The number of rotatable bonds is 3. The molecule has 0 saturated heterocycles. The summed E-state index contributed by atoms with van der Waals surface area (Å²) in [6, 6.07) is 13.0. The first-order valence-electron chi connectivity index (χ1n) is 8.46. The third-order valence-electron chi connectivity index (χ3n) is 4.38. The van der Waals surface area contributed by atoms with Crippen LogP contribution in [0.2, 0.25) is 0 Å². The first-order chi connectivity index (χ1) is 12.7. The van der Waals surface area contributed by atoms with Crippen molar-refractivity contribution in [1.82, 2.24) is 14.7 Å². The van der Waals surface area contributed by atoms with Crippen molar-refractivity contribution in [2.75, 3.05) is 11.9 Å². The molecule has 0 unspecified atom stereocenters. The van der Waals surface area contributed by atoms with Gasteiger partial charge in [-0.15, -0.1) is 11.3 Å². The number of aryl methyl sites for hydroxylation is 1. The Morgan fingerprint density at radius 2 is 1.92 bits per heavy atom. The highest BCUT2D eigenvalue weighted by Gasteiger charge is 2.26. The van der Waals surface area contributed by atoms with Crippen LogP contribution < -0.4 is 5.32 Å². The minimum atomic E-state index is -0.206. The Balaban J connectivity index is 1.58. The Kier molecular flexibility index (Phi) is 4.53. The second-order valence-corrected chi connectivity index (χ2v) is 7.05. The number of hydrogen-bond acceptors (Lipinski definition) is 4. The molecule has 2 aromatic heterocycles. The minimum Gasteiger partial charge on any atom is -0.332 e. The molecule has 1 aromatic carbocycles. The minimum absolute atomic E-state index is 0.00377. The van der Waals surface area contributed by atoms with Gasteiger partial charge in [-0.3, -0.25) is 14.3 Å². The van der Waals surface area contributed by atoms with Gasteiger partial charge < -0.3 is 10.2 Å². The number of anilines is 1. The van der Waals surface area contributed by atoms with Crippen LogP contribution in [0.25, 0.3) is 0 Å². The summed E-state index contributed by atoms with van der Waals surface area (Å²) in [6.45, 7) is 1.73. The molecule has 2 amide bonds. The molecule has 6 nitrogen and oxygen atoms in total. The Morgan fingerprint density at radius 1 is 1.08 bits per heavy atom. The van der Waals surface area contributed by atoms with Crippen molar-refractivity contribution < 1.29 is 9.59 Å². The maximum atomic E-state index is 12.7. The van der Waals surface area contributed by atoms with Crippen molar-refractivity contribution in [2.24, 2.45) is 0 Å². The molecule has 1 aliphatic heterocycles. The molecule has 0 spiro atoms. The number of benzene rings is 1. The molecule has 7 heteroatoms. The number of nitrogens with one attached hydrogen (secondary N) is 1. The molecule has 3 heterocycles. The summed E-state index contributed by atoms with van der Waals surface area (Å²) in [5, 5.41) is 9.15. The molecule has 3 aromatic rings. The molecule has 0 aliphatic carbocycles. The monoisotopic (exact) mass is 366 g/mol. The fourth-order valence-corrected chi connectivity index (χ4v) is 3.77. The van der Waals surface area contributed by atoms with Crippen LogP contribution >= 0.6 is 11.3 Å². The zero-order valence-corrected chi connectivity index (χ0v) is 14.9. The molecular formula is C19H18N4O2S. The second-order valence-electron chi connectivity index (χ2n) is 6.11. The lowest BCUT2D eigenvalue weighted by Gasteiger charge is -2.19. The van der Waals surface area contributed by atoms with E-state index >= 15 is 0 Å². The summed E-state index contributed by atoms with van der Waals surface area (Å²) < 4.78 is 1.83. The SMILES string of the molecule is O=C(Nc1ccccc1)c1cnn2c1CN(C(=O)c1cccs1)CCC2. The van der Waals surface area contributed by atoms with E-state index in [1.807, 2.05) is 52.5 Å². The van der Waals surface area contributed by atoms with Crippen LogP contribution in [0.4, 0.5) is 5.69 Å². The van der Waals surface area contributed by atoms with Crippen LogP contribution in [0, 0.1) is 0 Å². The van der Waals surface area contributed by atoms with Crippen molar-refractivity contribution in [3.8, 4) is 0 Å². The normalized spacial score (nSPS) is 13.8. The van der Waals surface area contributed by atoms with Gasteiger partial charge >= 0.3 is 0 Å². The number of amides is 2. The number of thiophene rings is 1. The van der Waals surface area contributed by atoms with Gasteiger partial charge in [-0.25, -0.2) is 0 Å². The molecule has 26 heavy (non-hydrogen) atoms. The summed E-state index contributed by atoms with van der Waals surface area (Å²) in [4.78, 5) is 27.9. The summed E-state index contributed by atoms with van der Waals surface area (Å²) >= 11 is 1.43. The van der Waals surface area contributed by atoms with Gasteiger partial charge in [0.1, 0.15) is 0 Å². The van der Waals surface area contributed by atoms with E-state index in [-0.39, 0.29) is 11.8 Å². The van der Waals surface area contributed by atoms with Gasteiger partial charge in [0.15, 0.2) is 0 Å². The quantitative estimate of drug-likeness (QED) is 0.774. The van der Waals surface area contributed by atoms with E-state index in [4.69, 9.17) is 0 Å². The maximum absolute atomic E-state index is 12.7. The molecule has 0 bridgehead atoms. The fourth-order valence-electron chi connectivity index (χ4n) is 3.08. The van der Waals surface area contributed by atoms with E-state index in [0.717, 1.165) is 17.8 Å². The van der Waals surface area contributed by atoms with Crippen LogP contribution in [-0.2, 0) is 13.1 Å². The van der Waals surface area contributed by atoms with Crippen LogP contribution in [-0.4, -0.2) is 33.0 Å². The topological polar surface area (TPSA) is 67.2 Å². The third kappa shape index (κ3) is 3.25. The van der Waals surface area contributed by atoms with Crippen molar-refractivity contribution in [1.29, 1.82) is 0 Å². The van der Waals surface area contributed by atoms with Gasteiger partial charge in [-0.05, 0) is 30.0 Å². The number of hydrogen-bond donors (Lipinski definition) is 1. The number of para-hydroxylation sites is 1. The van der Waals surface area contributed by atoms with Gasteiger partial charge in [0, 0.05) is 18.8 Å². The van der Waals surface area contributed by atoms with E-state index in [2.05, 4.69) is 10.4 Å². The van der Waals surface area contributed by atoms with Gasteiger partial charge in [0.25, 0.3) is 11.8 Å². The molecular weight excluding hydrogens is 348 g/mol. The van der Waals surface area contributed by atoms with Crippen molar-refractivity contribution in [2.45, 2.75) is 19.5 Å². The number of fused-ring (bicyclic) bond motifs is 1. The predicted molar refractivity (Wildman–Crippen MR) is 100 cm³/mol. The summed E-state index contributed by atoms with van der Waals surface area (Å²) in [5.74, 6) is -0.202. The highest BCUT2D eigenvalue weighted by molar-refractivity contribution is 7.12. The summed E-state index contributed by atoms with van der Waals surface area (Å²) in [7, 11) is 0. The van der Waals surface area contributed by atoms with Crippen LogP contribution in [0.15, 0.2) is 54.0 Å². The Labute approximate surface area is 155 Å². The van der Waals surface area contributed by atoms with Gasteiger partial charge in [0.2, 0.25) is 0 Å². The fraction of sp³-hybridized carbons (Fsp3) is 0.211. The second kappa shape index (κ2) is 7.13. The van der Waals surface area contributed by atoms with Crippen LogP contribution in [0.1, 0.15) is 32.1 Å². The first kappa shape index (κ1) is 16.5. The van der Waals surface area contributed by atoms with Crippen LogP contribution in [0.3, 0.4) is 0 Å². The van der Waals surface area contributed by atoms with Gasteiger partial charge in [-0.2, -0.15) is 5.10 Å². The van der Waals surface area contributed by atoms with Gasteiger partial charge in [-0.1, -0.05) is 24.3 Å². The Hall–Kier alpha value is -2.93. The predicted octanol–water partition coefficient (Wildman–Crippen LogP) is 3.24. The van der Waals surface area contributed by atoms with E-state index in [1.165, 1.54) is 11.3 Å². The molecule has 1 aliphatic rings. The highest BCUT2D eigenvalue weighted by Crippen LogP contribution is 2.21. The van der Waals surface area contributed by atoms with Gasteiger partial charge in [0.05, 0.1) is 28.9 Å². The molecule has 1 N–H and O–H groups in total. The molecule has 0 saturated carbocycles. The van der Waals surface area contributed by atoms with E-state index in [1.54, 1.807) is 11.1 Å². The lowest BCUT2D eigenvalue weighted by atomic mass is 10.2. The van der Waals surface area contributed by atoms with Crippen molar-refractivity contribution >= 4 is 28.8 Å². The first-order valence-corrected chi connectivity index (χ1v) is 9.34. The zero-order valence-electron chi connectivity index (χ0n) is 14.1. The number of aromatic nitrogens is 2. The van der Waals surface area contributed by atoms with Crippen LogP contribution in [0.5, 0.6) is 0 Å². The maximum Gasteiger partial charge on any atom is 0.264 e.